The predicted octanol–water partition coefficient (Wildman–Crippen LogP) is 2.25. The molecule has 0 saturated carbocycles. The summed E-state index contributed by atoms with van der Waals surface area (Å²) in [7, 11) is 0. The Bertz CT molecular complexity index is 687. The number of pyridine rings is 1. The van der Waals surface area contributed by atoms with E-state index in [-0.39, 0.29) is 5.82 Å². The molecule has 0 aliphatic heterocycles. The van der Waals surface area contributed by atoms with Crippen LogP contribution in [0.5, 0.6) is 0 Å². The zero-order valence-corrected chi connectivity index (χ0v) is 11.0. The van der Waals surface area contributed by atoms with Gasteiger partial charge in [-0.15, -0.1) is 0 Å². The minimum absolute atomic E-state index is 0.181. The number of hydrogen-bond donors (Lipinski definition) is 2. The summed E-state index contributed by atoms with van der Waals surface area (Å²) >= 11 is 0. The van der Waals surface area contributed by atoms with Crippen LogP contribution in [0.4, 0.5) is 20.3 Å². The fourth-order valence-electron chi connectivity index (χ4n) is 1.49. The van der Waals surface area contributed by atoms with Crippen LogP contribution in [0.15, 0.2) is 36.5 Å². The monoisotopic (exact) mass is 291 g/mol. The highest BCUT2D eigenvalue weighted by atomic mass is 19.1. The average molecular weight is 291 g/mol. The second-order valence-electron chi connectivity index (χ2n) is 4.25. The number of anilines is 2. The smallest absolute Gasteiger partial charge is 0.315 e. The van der Waals surface area contributed by atoms with E-state index in [0.717, 1.165) is 23.8 Å². The van der Waals surface area contributed by atoms with Crippen LogP contribution in [-0.2, 0) is 9.59 Å². The molecular weight excluding hydrogens is 280 g/mol. The van der Waals surface area contributed by atoms with E-state index in [9.17, 15) is 18.4 Å². The lowest BCUT2D eigenvalue weighted by atomic mass is 10.3. The second kappa shape index (κ2) is 6.08. The molecule has 0 saturated heterocycles. The van der Waals surface area contributed by atoms with Gasteiger partial charge >= 0.3 is 11.8 Å². The summed E-state index contributed by atoms with van der Waals surface area (Å²) in [6, 6.07) is 5.76. The third kappa shape index (κ3) is 3.82. The second-order valence-corrected chi connectivity index (χ2v) is 4.25. The molecule has 7 heteroatoms. The van der Waals surface area contributed by atoms with E-state index in [2.05, 4.69) is 10.3 Å². The number of aryl methyl sites for hydroxylation is 1. The lowest BCUT2D eigenvalue weighted by molar-refractivity contribution is -0.133. The fraction of sp³-hybridized carbons (Fsp3) is 0.0714. The number of carbonyl (C=O) groups excluding carboxylic acids is 2. The molecule has 108 valence electrons. The van der Waals surface area contributed by atoms with Crippen molar-refractivity contribution in [1.82, 2.24) is 4.98 Å². The van der Waals surface area contributed by atoms with Crippen molar-refractivity contribution in [1.29, 1.82) is 0 Å². The van der Waals surface area contributed by atoms with Gasteiger partial charge in [-0.25, -0.2) is 13.8 Å². The van der Waals surface area contributed by atoms with Crippen LogP contribution in [0.25, 0.3) is 0 Å². The van der Waals surface area contributed by atoms with E-state index in [1.165, 1.54) is 12.3 Å². The van der Waals surface area contributed by atoms with Crippen molar-refractivity contribution >= 4 is 23.3 Å². The average Bonchev–Trinajstić information content (AvgIpc) is 2.45. The molecule has 21 heavy (non-hydrogen) atoms. The summed E-state index contributed by atoms with van der Waals surface area (Å²) in [6.07, 6.45) is 1.51. The molecule has 0 aliphatic carbocycles. The van der Waals surface area contributed by atoms with E-state index in [4.69, 9.17) is 0 Å². The summed E-state index contributed by atoms with van der Waals surface area (Å²) in [6.45, 7) is 1.82. The minimum atomic E-state index is -1.12. The van der Waals surface area contributed by atoms with Gasteiger partial charge in [0.05, 0.1) is 5.69 Å². The Labute approximate surface area is 119 Å². The van der Waals surface area contributed by atoms with Gasteiger partial charge in [-0.2, -0.15) is 0 Å². The van der Waals surface area contributed by atoms with Crippen molar-refractivity contribution < 1.29 is 18.4 Å². The Kier molecular flexibility index (Phi) is 4.22. The van der Waals surface area contributed by atoms with Crippen LogP contribution < -0.4 is 10.6 Å². The first-order chi connectivity index (χ1) is 9.95. The van der Waals surface area contributed by atoms with Crippen LogP contribution in [0.3, 0.4) is 0 Å². The zero-order valence-electron chi connectivity index (χ0n) is 11.0. The maximum absolute atomic E-state index is 13.3. The van der Waals surface area contributed by atoms with Crippen LogP contribution in [0.1, 0.15) is 5.56 Å². The van der Waals surface area contributed by atoms with Crippen molar-refractivity contribution in [3.63, 3.8) is 0 Å². The highest BCUT2D eigenvalue weighted by molar-refractivity contribution is 6.43. The van der Waals surface area contributed by atoms with Crippen LogP contribution >= 0.6 is 0 Å². The Hall–Kier alpha value is -2.83. The maximum Gasteiger partial charge on any atom is 0.315 e. The maximum atomic E-state index is 13.3. The number of carbonyl (C=O) groups is 2. The number of halogens is 2. The molecule has 0 aliphatic rings. The third-order valence-electron chi connectivity index (χ3n) is 2.54. The molecule has 2 N–H and O–H groups in total. The normalized spacial score (nSPS) is 10.0. The molecule has 1 heterocycles. The van der Waals surface area contributed by atoms with Crippen molar-refractivity contribution in [2.45, 2.75) is 6.92 Å². The van der Waals surface area contributed by atoms with Gasteiger partial charge in [0, 0.05) is 12.3 Å². The highest BCUT2D eigenvalue weighted by Crippen LogP contribution is 2.15. The standard InChI is InChI=1S/C14H11F2N3O2/c1-8-2-5-12(17-7-8)19-14(21)13(20)18-11-6-9(15)3-4-10(11)16/h2-7H,1H3,(H,18,20)(H,17,19,21). The molecule has 0 fully saturated rings. The lowest BCUT2D eigenvalue weighted by Crippen LogP contribution is -2.29. The summed E-state index contributed by atoms with van der Waals surface area (Å²) < 4.78 is 26.3. The van der Waals surface area contributed by atoms with E-state index < -0.39 is 29.1 Å². The molecule has 2 aromatic rings. The molecule has 5 nitrogen and oxygen atoms in total. The Morgan fingerprint density at radius 3 is 2.43 bits per heavy atom. The zero-order chi connectivity index (χ0) is 15.4. The Balaban J connectivity index is 2.04. The van der Waals surface area contributed by atoms with Crippen LogP contribution in [-0.4, -0.2) is 16.8 Å². The molecular formula is C14H11F2N3O2. The fourth-order valence-corrected chi connectivity index (χ4v) is 1.49. The number of benzene rings is 1. The van der Waals surface area contributed by atoms with E-state index >= 15 is 0 Å². The molecule has 0 atom stereocenters. The van der Waals surface area contributed by atoms with E-state index in [1.807, 2.05) is 12.2 Å². The third-order valence-corrected chi connectivity index (χ3v) is 2.54. The number of amides is 2. The highest BCUT2D eigenvalue weighted by Gasteiger charge is 2.16. The van der Waals surface area contributed by atoms with Crippen molar-refractivity contribution in [3.05, 3.63) is 53.7 Å². The first kappa shape index (κ1) is 14.6. The Morgan fingerprint density at radius 1 is 1.05 bits per heavy atom. The largest absolute Gasteiger partial charge is 0.315 e. The molecule has 0 unspecified atom stereocenters. The van der Waals surface area contributed by atoms with Crippen LogP contribution in [0.2, 0.25) is 0 Å². The first-order valence-electron chi connectivity index (χ1n) is 5.96. The van der Waals surface area contributed by atoms with Gasteiger partial charge in [-0.05, 0) is 30.7 Å². The van der Waals surface area contributed by atoms with Crippen molar-refractivity contribution in [2.24, 2.45) is 0 Å². The number of hydrogen-bond acceptors (Lipinski definition) is 3. The molecule has 1 aromatic carbocycles. The summed E-state index contributed by atoms with van der Waals surface area (Å²) in [5, 5.41) is 4.23. The number of nitrogens with one attached hydrogen (secondary N) is 2. The van der Waals surface area contributed by atoms with Gasteiger partial charge < -0.3 is 10.6 Å². The quantitative estimate of drug-likeness (QED) is 0.834. The SMILES string of the molecule is Cc1ccc(NC(=O)C(=O)Nc2cc(F)ccc2F)nc1. The molecule has 2 amide bonds. The molecule has 0 bridgehead atoms. The first-order valence-corrected chi connectivity index (χ1v) is 5.96. The van der Waals surface area contributed by atoms with Crippen molar-refractivity contribution in [2.75, 3.05) is 10.6 Å². The molecule has 0 spiro atoms. The van der Waals surface area contributed by atoms with Gasteiger partial charge in [0.2, 0.25) is 0 Å². The topological polar surface area (TPSA) is 71.1 Å². The number of nitrogens with zero attached hydrogens (tertiary/aromatic N) is 1. The summed E-state index contributed by atoms with van der Waals surface area (Å²) in [5.74, 6) is -3.55. The minimum Gasteiger partial charge on any atom is -0.315 e. The van der Waals surface area contributed by atoms with Gasteiger partial charge in [-0.1, -0.05) is 6.07 Å². The predicted molar refractivity (Wildman–Crippen MR) is 72.6 cm³/mol. The molecule has 0 radical (unpaired) electrons. The van der Waals surface area contributed by atoms with Crippen molar-refractivity contribution in [3.8, 4) is 0 Å². The number of aromatic nitrogens is 1. The van der Waals surface area contributed by atoms with Crippen LogP contribution in [0, 0.1) is 18.6 Å². The summed E-state index contributed by atoms with van der Waals surface area (Å²) in [5.41, 5.74) is 0.478. The Morgan fingerprint density at radius 2 is 1.76 bits per heavy atom. The number of rotatable bonds is 2. The van der Waals surface area contributed by atoms with Gasteiger partial charge in [-0.3, -0.25) is 9.59 Å². The lowest BCUT2D eigenvalue weighted by Gasteiger charge is -2.07. The van der Waals surface area contributed by atoms with Gasteiger partial charge in [0.15, 0.2) is 0 Å². The summed E-state index contributed by atoms with van der Waals surface area (Å²) in [4.78, 5) is 27.1. The van der Waals surface area contributed by atoms with Gasteiger partial charge in [0.1, 0.15) is 17.5 Å². The molecule has 1 aromatic heterocycles. The molecule has 2 rings (SSSR count). The van der Waals surface area contributed by atoms with E-state index in [1.54, 1.807) is 6.07 Å². The van der Waals surface area contributed by atoms with E-state index in [0.29, 0.717) is 0 Å². The van der Waals surface area contributed by atoms with Gasteiger partial charge in [0.25, 0.3) is 0 Å².